The fourth-order valence-electron chi connectivity index (χ4n) is 2.55. The van der Waals surface area contributed by atoms with Gasteiger partial charge in [0.2, 0.25) is 5.91 Å². The summed E-state index contributed by atoms with van der Waals surface area (Å²) in [6, 6.07) is -0.368. The quantitative estimate of drug-likeness (QED) is 0.735. The van der Waals surface area contributed by atoms with Crippen LogP contribution < -0.4 is 11.1 Å². The van der Waals surface area contributed by atoms with Crippen LogP contribution in [0.1, 0.15) is 33.1 Å². The predicted octanol–water partition coefficient (Wildman–Crippen LogP) is 0.901. The maximum atomic E-state index is 11.0. The maximum Gasteiger partial charge on any atom is 0.236 e. The Morgan fingerprint density at radius 2 is 1.94 bits per heavy atom. The molecule has 0 heterocycles. The lowest BCUT2D eigenvalue weighted by Gasteiger charge is -2.32. The fourth-order valence-corrected chi connectivity index (χ4v) is 2.55. The first-order valence-electron chi connectivity index (χ1n) is 6.11. The SMILES string of the molecule is CNC(COC1CC(C)CC(C)C1)C(N)=O. The van der Waals surface area contributed by atoms with E-state index < -0.39 is 0 Å². The average Bonchev–Trinajstić information content (AvgIpc) is 2.16. The van der Waals surface area contributed by atoms with Gasteiger partial charge in [-0.2, -0.15) is 0 Å². The first-order chi connectivity index (χ1) is 7.52. The molecule has 0 bridgehead atoms. The van der Waals surface area contributed by atoms with Crippen molar-refractivity contribution in [3.8, 4) is 0 Å². The molecule has 0 aromatic heterocycles. The number of carbonyl (C=O) groups excluding carboxylic acids is 1. The minimum Gasteiger partial charge on any atom is -0.376 e. The number of nitrogens with one attached hydrogen (secondary N) is 1. The Bertz CT molecular complexity index is 223. The zero-order valence-electron chi connectivity index (χ0n) is 10.5. The maximum absolute atomic E-state index is 11.0. The molecule has 94 valence electrons. The van der Waals surface area contributed by atoms with Crippen molar-refractivity contribution in [1.29, 1.82) is 0 Å². The summed E-state index contributed by atoms with van der Waals surface area (Å²) in [4.78, 5) is 11.0. The topological polar surface area (TPSA) is 64.3 Å². The molecular formula is C12H24N2O2. The molecule has 0 radical (unpaired) electrons. The fraction of sp³-hybridized carbons (Fsp3) is 0.917. The van der Waals surface area contributed by atoms with Crippen LogP contribution in [0.25, 0.3) is 0 Å². The number of ether oxygens (including phenoxy) is 1. The van der Waals surface area contributed by atoms with E-state index in [1.807, 2.05) is 0 Å². The Morgan fingerprint density at radius 1 is 1.38 bits per heavy atom. The number of nitrogens with two attached hydrogens (primary N) is 1. The highest BCUT2D eigenvalue weighted by atomic mass is 16.5. The van der Waals surface area contributed by atoms with Gasteiger partial charge in [-0.3, -0.25) is 4.79 Å². The smallest absolute Gasteiger partial charge is 0.236 e. The highest BCUT2D eigenvalue weighted by Crippen LogP contribution is 2.30. The number of primary amides is 1. The first kappa shape index (κ1) is 13.5. The molecule has 1 amide bonds. The van der Waals surface area contributed by atoms with Crippen LogP contribution in [0.5, 0.6) is 0 Å². The van der Waals surface area contributed by atoms with Gasteiger partial charge in [0, 0.05) is 0 Å². The van der Waals surface area contributed by atoms with Crippen molar-refractivity contribution in [2.24, 2.45) is 17.6 Å². The summed E-state index contributed by atoms with van der Waals surface area (Å²) in [5.41, 5.74) is 5.24. The summed E-state index contributed by atoms with van der Waals surface area (Å²) < 4.78 is 5.77. The molecule has 0 spiro atoms. The molecule has 0 aromatic carbocycles. The summed E-state index contributed by atoms with van der Waals surface area (Å²) in [5, 5.41) is 2.86. The standard InChI is InChI=1S/C12H24N2O2/c1-8-4-9(2)6-10(5-8)16-7-11(14-3)12(13)15/h8-11,14H,4-7H2,1-3H3,(H2,13,15). The van der Waals surface area contributed by atoms with Gasteiger partial charge in [0.15, 0.2) is 0 Å². The van der Waals surface area contributed by atoms with Crippen LogP contribution in [0.3, 0.4) is 0 Å². The van der Waals surface area contributed by atoms with E-state index in [1.165, 1.54) is 6.42 Å². The normalized spacial score (nSPS) is 32.3. The number of rotatable bonds is 5. The van der Waals surface area contributed by atoms with Crippen molar-refractivity contribution in [3.63, 3.8) is 0 Å². The van der Waals surface area contributed by atoms with Crippen LogP contribution in [0, 0.1) is 11.8 Å². The van der Waals surface area contributed by atoms with Crippen LogP contribution in [0.15, 0.2) is 0 Å². The highest BCUT2D eigenvalue weighted by molar-refractivity contribution is 5.79. The molecule has 4 nitrogen and oxygen atoms in total. The Kier molecular flexibility index (Phi) is 5.22. The monoisotopic (exact) mass is 228 g/mol. The van der Waals surface area contributed by atoms with E-state index in [4.69, 9.17) is 10.5 Å². The highest BCUT2D eigenvalue weighted by Gasteiger charge is 2.25. The third-order valence-electron chi connectivity index (χ3n) is 3.33. The third-order valence-corrected chi connectivity index (χ3v) is 3.33. The average molecular weight is 228 g/mol. The second-order valence-corrected chi connectivity index (χ2v) is 5.12. The van der Waals surface area contributed by atoms with Crippen molar-refractivity contribution < 1.29 is 9.53 Å². The number of hydrogen-bond donors (Lipinski definition) is 2. The predicted molar refractivity (Wildman–Crippen MR) is 64.0 cm³/mol. The van der Waals surface area contributed by atoms with Gasteiger partial charge in [-0.05, 0) is 38.1 Å². The molecule has 1 rings (SSSR count). The van der Waals surface area contributed by atoms with Gasteiger partial charge < -0.3 is 15.8 Å². The van der Waals surface area contributed by atoms with Gasteiger partial charge >= 0.3 is 0 Å². The Labute approximate surface area is 97.9 Å². The molecular weight excluding hydrogens is 204 g/mol. The minimum absolute atomic E-state index is 0.286. The molecule has 0 aromatic rings. The summed E-state index contributed by atoms with van der Waals surface area (Å²) in [6.45, 7) is 4.90. The number of likely N-dealkylation sites (N-methyl/N-ethyl adjacent to an activating group) is 1. The summed E-state index contributed by atoms with van der Waals surface area (Å²) >= 11 is 0. The van der Waals surface area contributed by atoms with Gasteiger partial charge in [0.25, 0.3) is 0 Å². The Balaban J connectivity index is 2.33. The zero-order valence-corrected chi connectivity index (χ0v) is 10.5. The molecule has 0 aliphatic heterocycles. The van der Waals surface area contributed by atoms with E-state index in [1.54, 1.807) is 7.05 Å². The molecule has 3 unspecified atom stereocenters. The summed E-state index contributed by atoms with van der Waals surface area (Å²) in [5.74, 6) is 1.09. The van der Waals surface area contributed by atoms with E-state index in [2.05, 4.69) is 19.2 Å². The van der Waals surface area contributed by atoms with Crippen LogP contribution in [0.4, 0.5) is 0 Å². The molecule has 4 heteroatoms. The molecule has 0 saturated heterocycles. The van der Waals surface area contributed by atoms with Crippen molar-refractivity contribution in [2.75, 3.05) is 13.7 Å². The molecule has 1 aliphatic rings. The molecule has 3 atom stereocenters. The van der Waals surface area contributed by atoms with Crippen LogP contribution >= 0.6 is 0 Å². The van der Waals surface area contributed by atoms with Gasteiger partial charge in [0.05, 0.1) is 12.7 Å². The lowest BCUT2D eigenvalue weighted by Crippen LogP contribution is -2.44. The second kappa shape index (κ2) is 6.21. The van der Waals surface area contributed by atoms with Crippen molar-refractivity contribution in [3.05, 3.63) is 0 Å². The Hall–Kier alpha value is -0.610. The van der Waals surface area contributed by atoms with E-state index >= 15 is 0 Å². The first-order valence-corrected chi connectivity index (χ1v) is 6.11. The van der Waals surface area contributed by atoms with Crippen molar-refractivity contribution in [1.82, 2.24) is 5.32 Å². The third kappa shape index (κ3) is 4.10. The van der Waals surface area contributed by atoms with Gasteiger partial charge in [-0.15, -0.1) is 0 Å². The molecule has 1 fully saturated rings. The second-order valence-electron chi connectivity index (χ2n) is 5.12. The van der Waals surface area contributed by atoms with E-state index in [9.17, 15) is 4.79 Å². The summed E-state index contributed by atoms with van der Waals surface area (Å²) in [6.07, 6.45) is 3.76. The lowest BCUT2D eigenvalue weighted by molar-refractivity contribution is -0.122. The van der Waals surface area contributed by atoms with E-state index in [0.717, 1.165) is 24.7 Å². The lowest BCUT2D eigenvalue weighted by atomic mass is 9.82. The Morgan fingerprint density at radius 3 is 2.38 bits per heavy atom. The molecule has 1 saturated carbocycles. The number of amides is 1. The van der Waals surface area contributed by atoms with Gasteiger partial charge in [0.1, 0.15) is 6.04 Å². The molecule has 1 aliphatic carbocycles. The van der Waals surface area contributed by atoms with Crippen LogP contribution in [-0.2, 0) is 9.53 Å². The van der Waals surface area contributed by atoms with Crippen LogP contribution in [0.2, 0.25) is 0 Å². The van der Waals surface area contributed by atoms with Gasteiger partial charge in [-0.1, -0.05) is 13.8 Å². The van der Waals surface area contributed by atoms with E-state index in [-0.39, 0.29) is 18.1 Å². The van der Waals surface area contributed by atoms with Crippen molar-refractivity contribution >= 4 is 5.91 Å². The zero-order chi connectivity index (χ0) is 12.1. The van der Waals surface area contributed by atoms with Crippen LogP contribution in [-0.4, -0.2) is 31.7 Å². The number of hydrogen-bond acceptors (Lipinski definition) is 3. The number of carbonyl (C=O) groups is 1. The molecule has 16 heavy (non-hydrogen) atoms. The van der Waals surface area contributed by atoms with Crippen molar-refractivity contribution in [2.45, 2.75) is 45.3 Å². The minimum atomic E-state index is -0.368. The molecule has 3 N–H and O–H groups in total. The van der Waals surface area contributed by atoms with E-state index in [0.29, 0.717) is 6.61 Å². The van der Waals surface area contributed by atoms with Gasteiger partial charge in [-0.25, -0.2) is 0 Å². The summed E-state index contributed by atoms with van der Waals surface area (Å²) in [7, 11) is 1.73. The largest absolute Gasteiger partial charge is 0.376 e.